The second kappa shape index (κ2) is 5.95. The maximum absolute atomic E-state index is 12.6. The molecule has 0 atom stereocenters. The summed E-state index contributed by atoms with van der Waals surface area (Å²) >= 11 is 0. The molecular weight excluding hydrogens is 270 g/mol. The van der Waals surface area contributed by atoms with E-state index in [1.807, 2.05) is 17.6 Å². The molecule has 0 radical (unpaired) electrons. The number of rotatable bonds is 5. The molecule has 0 unspecified atom stereocenters. The molecule has 21 heavy (non-hydrogen) atoms. The van der Waals surface area contributed by atoms with Gasteiger partial charge in [-0.15, -0.1) is 0 Å². The first-order valence-corrected chi connectivity index (χ1v) is 7.06. The topological polar surface area (TPSA) is 85.6 Å². The van der Waals surface area contributed by atoms with E-state index in [1.54, 1.807) is 7.05 Å². The molecule has 112 valence electrons. The van der Waals surface area contributed by atoms with Crippen molar-refractivity contribution in [1.82, 2.24) is 18.7 Å². The maximum atomic E-state index is 12.6. The third kappa shape index (κ3) is 2.49. The minimum absolute atomic E-state index is 0.107. The fourth-order valence-corrected chi connectivity index (χ4v) is 2.43. The Kier molecular flexibility index (Phi) is 4.26. The summed E-state index contributed by atoms with van der Waals surface area (Å²) in [6, 6.07) is 1.96. The molecule has 0 aliphatic heterocycles. The van der Waals surface area contributed by atoms with E-state index in [1.165, 1.54) is 4.57 Å². The number of hydrogen-bond acceptors (Lipinski definition) is 4. The first-order chi connectivity index (χ1) is 10.0. The molecule has 0 aromatic carbocycles. The Morgan fingerprint density at radius 1 is 1.24 bits per heavy atom. The molecule has 0 saturated heterocycles. The SMILES string of the molecule is CCCCn1c(C)nc2c1c(=O)n(CCC#N)c(=O)n2C. The second-order valence-electron chi connectivity index (χ2n) is 5.04. The van der Waals surface area contributed by atoms with Gasteiger partial charge in [-0.3, -0.25) is 13.9 Å². The highest BCUT2D eigenvalue weighted by Gasteiger charge is 2.17. The first-order valence-electron chi connectivity index (χ1n) is 7.06. The van der Waals surface area contributed by atoms with Crippen molar-refractivity contribution in [2.45, 2.75) is 46.2 Å². The van der Waals surface area contributed by atoms with Gasteiger partial charge in [0.25, 0.3) is 5.56 Å². The van der Waals surface area contributed by atoms with Crippen molar-refractivity contribution in [3.8, 4) is 6.07 Å². The number of unbranched alkanes of at least 4 members (excludes halogenated alkanes) is 1. The van der Waals surface area contributed by atoms with Gasteiger partial charge in [0.2, 0.25) is 0 Å². The Bertz CT molecular complexity index is 819. The van der Waals surface area contributed by atoms with Crippen LogP contribution in [0.25, 0.3) is 11.2 Å². The van der Waals surface area contributed by atoms with Crippen molar-refractivity contribution >= 4 is 11.2 Å². The summed E-state index contributed by atoms with van der Waals surface area (Å²) in [4.78, 5) is 29.2. The summed E-state index contributed by atoms with van der Waals surface area (Å²) in [7, 11) is 1.60. The molecule has 0 bridgehead atoms. The number of aryl methyl sites for hydroxylation is 3. The summed E-state index contributed by atoms with van der Waals surface area (Å²) in [6.07, 6.45) is 2.07. The van der Waals surface area contributed by atoms with Gasteiger partial charge < -0.3 is 4.57 Å². The molecule has 0 fully saturated rings. The van der Waals surface area contributed by atoms with Crippen LogP contribution in [0, 0.1) is 18.3 Å². The Labute approximate surface area is 122 Å². The Balaban J connectivity index is 2.76. The van der Waals surface area contributed by atoms with Gasteiger partial charge in [-0.1, -0.05) is 13.3 Å². The molecule has 0 N–H and O–H groups in total. The van der Waals surface area contributed by atoms with E-state index in [2.05, 4.69) is 11.9 Å². The third-order valence-electron chi connectivity index (χ3n) is 3.61. The number of aromatic nitrogens is 4. The normalized spacial score (nSPS) is 11.0. The predicted octanol–water partition coefficient (Wildman–Crippen LogP) is 0.919. The van der Waals surface area contributed by atoms with E-state index >= 15 is 0 Å². The largest absolute Gasteiger partial charge is 0.332 e. The van der Waals surface area contributed by atoms with Gasteiger partial charge in [0.05, 0.1) is 12.5 Å². The van der Waals surface area contributed by atoms with Gasteiger partial charge in [0.15, 0.2) is 11.2 Å². The van der Waals surface area contributed by atoms with Gasteiger partial charge >= 0.3 is 5.69 Å². The van der Waals surface area contributed by atoms with Crippen molar-refractivity contribution < 1.29 is 0 Å². The van der Waals surface area contributed by atoms with E-state index in [0.717, 1.165) is 23.2 Å². The lowest BCUT2D eigenvalue weighted by Gasteiger charge is -2.08. The van der Waals surface area contributed by atoms with Crippen LogP contribution in [-0.4, -0.2) is 18.7 Å². The average molecular weight is 289 g/mol. The van der Waals surface area contributed by atoms with Crippen molar-refractivity contribution in [1.29, 1.82) is 5.26 Å². The van der Waals surface area contributed by atoms with E-state index in [4.69, 9.17) is 5.26 Å². The van der Waals surface area contributed by atoms with E-state index in [0.29, 0.717) is 17.7 Å². The highest BCUT2D eigenvalue weighted by molar-refractivity contribution is 5.70. The fraction of sp³-hybridized carbons (Fsp3) is 0.571. The number of imidazole rings is 1. The number of hydrogen-bond donors (Lipinski definition) is 0. The molecule has 2 rings (SSSR count). The monoisotopic (exact) mass is 289 g/mol. The van der Waals surface area contributed by atoms with Crippen LogP contribution in [0.2, 0.25) is 0 Å². The highest BCUT2D eigenvalue weighted by Crippen LogP contribution is 2.11. The number of nitriles is 1. The van der Waals surface area contributed by atoms with Crippen LogP contribution >= 0.6 is 0 Å². The molecule has 0 saturated carbocycles. The standard InChI is InChI=1S/C14H19N5O2/c1-4-5-8-18-10(2)16-12-11(18)13(20)19(9-6-7-15)14(21)17(12)3/h4-6,8-9H2,1-3H3. The molecule has 7 heteroatoms. The summed E-state index contributed by atoms with van der Waals surface area (Å²) in [5.74, 6) is 0.726. The van der Waals surface area contributed by atoms with Gasteiger partial charge in [0.1, 0.15) is 5.82 Å². The lowest BCUT2D eigenvalue weighted by molar-refractivity contribution is 0.599. The van der Waals surface area contributed by atoms with Crippen LogP contribution < -0.4 is 11.2 Å². The van der Waals surface area contributed by atoms with Crippen molar-refractivity contribution in [3.63, 3.8) is 0 Å². The van der Waals surface area contributed by atoms with E-state index < -0.39 is 5.69 Å². The predicted molar refractivity (Wildman–Crippen MR) is 79.1 cm³/mol. The van der Waals surface area contributed by atoms with Gasteiger partial charge in [-0.2, -0.15) is 5.26 Å². The quantitative estimate of drug-likeness (QED) is 0.819. The van der Waals surface area contributed by atoms with Crippen LogP contribution in [0.15, 0.2) is 9.59 Å². The molecule has 0 aliphatic rings. The molecule has 2 aromatic heterocycles. The minimum Gasteiger partial charge on any atom is -0.322 e. The number of fused-ring (bicyclic) bond motifs is 1. The second-order valence-corrected chi connectivity index (χ2v) is 5.04. The van der Waals surface area contributed by atoms with Gasteiger partial charge in [-0.25, -0.2) is 9.78 Å². The van der Waals surface area contributed by atoms with Crippen LogP contribution in [0.5, 0.6) is 0 Å². The molecule has 2 aromatic rings. The maximum Gasteiger partial charge on any atom is 0.332 e. The van der Waals surface area contributed by atoms with E-state index in [-0.39, 0.29) is 18.5 Å². The summed E-state index contributed by atoms with van der Waals surface area (Å²) in [5, 5.41) is 8.68. The highest BCUT2D eigenvalue weighted by atomic mass is 16.2. The van der Waals surface area contributed by atoms with Crippen LogP contribution in [0.1, 0.15) is 32.0 Å². The Hall–Kier alpha value is -2.36. The molecule has 2 heterocycles. The lowest BCUT2D eigenvalue weighted by atomic mass is 10.3. The van der Waals surface area contributed by atoms with Crippen molar-refractivity contribution in [2.24, 2.45) is 7.05 Å². The third-order valence-corrected chi connectivity index (χ3v) is 3.61. The van der Waals surface area contributed by atoms with Crippen molar-refractivity contribution in [2.75, 3.05) is 0 Å². The molecule has 7 nitrogen and oxygen atoms in total. The summed E-state index contributed by atoms with van der Waals surface area (Å²) < 4.78 is 4.36. The summed E-state index contributed by atoms with van der Waals surface area (Å²) in [5.41, 5.74) is 0.0655. The van der Waals surface area contributed by atoms with Crippen LogP contribution in [0.4, 0.5) is 0 Å². The van der Waals surface area contributed by atoms with Gasteiger partial charge in [0, 0.05) is 20.1 Å². The minimum atomic E-state index is -0.428. The van der Waals surface area contributed by atoms with Crippen LogP contribution in [-0.2, 0) is 20.1 Å². The number of nitrogens with zero attached hydrogens (tertiary/aromatic N) is 5. The average Bonchev–Trinajstić information content (AvgIpc) is 2.80. The molecule has 0 amide bonds. The van der Waals surface area contributed by atoms with E-state index in [9.17, 15) is 9.59 Å². The zero-order valence-corrected chi connectivity index (χ0v) is 12.6. The zero-order chi connectivity index (χ0) is 15.6. The fourth-order valence-electron chi connectivity index (χ4n) is 2.43. The summed E-state index contributed by atoms with van der Waals surface area (Å²) in [6.45, 7) is 4.72. The van der Waals surface area contributed by atoms with Crippen LogP contribution in [0.3, 0.4) is 0 Å². The Morgan fingerprint density at radius 3 is 2.57 bits per heavy atom. The Morgan fingerprint density at radius 2 is 1.95 bits per heavy atom. The molecular formula is C14H19N5O2. The molecule has 0 spiro atoms. The lowest BCUT2D eigenvalue weighted by Crippen LogP contribution is -2.39. The van der Waals surface area contributed by atoms with Gasteiger partial charge in [-0.05, 0) is 13.3 Å². The zero-order valence-electron chi connectivity index (χ0n) is 12.6. The first kappa shape index (κ1) is 15.0. The smallest absolute Gasteiger partial charge is 0.322 e. The van der Waals surface area contributed by atoms with Crippen molar-refractivity contribution in [3.05, 3.63) is 26.7 Å². The molecule has 0 aliphatic carbocycles.